The average molecular weight is 284 g/mol. The minimum Gasteiger partial charge on any atom is -0.481 e. The number of carbonyl (C=O) groups is 1. The number of H-pyrrole nitrogens is 1. The molecule has 0 bridgehead atoms. The molecule has 2 unspecified atom stereocenters. The largest absolute Gasteiger partial charge is 0.481 e. The Labute approximate surface area is 122 Å². The molecular formula is C15H16N4O2. The second kappa shape index (κ2) is 6.57. The molecule has 0 radical (unpaired) electrons. The first-order valence-corrected chi connectivity index (χ1v) is 6.56. The molecule has 0 saturated carbocycles. The fraction of sp³-hybridized carbons (Fsp3) is 0.267. The number of aromatic nitrogens is 2. The van der Waals surface area contributed by atoms with Crippen molar-refractivity contribution in [3.05, 3.63) is 47.8 Å². The number of ether oxygens (including phenoxy) is 1. The van der Waals surface area contributed by atoms with Crippen LogP contribution in [0.4, 0.5) is 0 Å². The van der Waals surface area contributed by atoms with Crippen molar-refractivity contribution >= 4 is 5.91 Å². The third kappa shape index (κ3) is 3.83. The maximum absolute atomic E-state index is 12.1. The molecule has 21 heavy (non-hydrogen) atoms. The van der Waals surface area contributed by atoms with Crippen LogP contribution >= 0.6 is 0 Å². The summed E-state index contributed by atoms with van der Waals surface area (Å²) in [6.45, 7) is 3.55. The Morgan fingerprint density at radius 3 is 2.67 bits per heavy atom. The molecule has 2 rings (SSSR count). The molecule has 2 atom stereocenters. The Morgan fingerprint density at radius 1 is 1.38 bits per heavy atom. The van der Waals surface area contributed by atoms with Crippen molar-refractivity contribution in [3.8, 4) is 11.8 Å². The molecule has 0 spiro atoms. The Hall–Kier alpha value is -2.81. The number of aromatic amines is 1. The summed E-state index contributed by atoms with van der Waals surface area (Å²) >= 11 is 0. The second-order valence-electron chi connectivity index (χ2n) is 4.66. The summed E-state index contributed by atoms with van der Waals surface area (Å²) in [5, 5.41) is 18.1. The molecule has 0 saturated heterocycles. The molecule has 2 aromatic rings. The molecule has 1 heterocycles. The van der Waals surface area contributed by atoms with Crippen LogP contribution in [-0.4, -0.2) is 22.2 Å². The van der Waals surface area contributed by atoms with Crippen molar-refractivity contribution in [1.29, 1.82) is 5.26 Å². The number of hydrogen-bond donors (Lipinski definition) is 2. The molecule has 108 valence electrons. The summed E-state index contributed by atoms with van der Waals surface area (Å²) in [5.41, 5.74) is 1.45. The molecule has 1 aromatic heterocycles. The van der Waals surface area contributed by atoms with Crippen LogP contribution in [0.2, 0.25) is 0 Å². The molecule has 1 aromatic carbocycles. The molecule has 0 aliphatic heterocycles. The van der Waals surface area contributed by atoms with E-state index in [9.17, 15) is 4.79 Å². The van der Waals surface area contributed by atoms with Gasteiger partial charge in [-0.25, -0.2) is 0 Å². The lowest BCUT2D eigenvalue weighted by Crippen LogP contribution is -2.37. The summed E-state index contributed by atoms with van der Waals surface area (Å²) < 4.78 is 5.55. The monoisotopic (exact) mass is 284 g/mol. The van der Waals surface area contributed by atoms with Crippen molar-refractivity contribution in [2.45, 2.75) is 26.0 Å². The van der Waals surface area contributed by atoms with Gasteiger partial charge < -0.3 is 10.1 Å². The van der Waals surface area contributed by atoms with E-state index in [1.165, 1.54) is 0 Å². The van der Waals surface area contributed by atoms with E-state index >= 15 is 0 Å². The van der Waals surface area contributed by atoms with E-state index in [4.69, 9.17) is 10.00 Å². The molecule has 6 heteroatoms. The molecule has 0 fully saturated rings. The van der Waals surface area contributed by atoms with Crippen molar-refractivity contribution in [2.75, 3.05) is 0 Å². The van der Waals surface area contributed by atoms with Gasteiger partial charge in [0.1, 0.15) is 5.75 Å². The fourth-order valence-corrected chi connectivity index (χ4v) is 1.78. The first kappa shape index (κ1) is 14.6. The fourth-order valence-electron chi connectivity index (χ4n) is 1.78. The minimum atomic E-state index is -0.632. The van der Waals surface area contributed by atoms with E-state index in [0.717, 1.165) is 5.56 Å². The predicted molar refractivity (Wildman–Crippen MR) is 76.4 cm³/mol. The normalized spacial score (nSPS) is 13.0. The molecule has 6 nitrogen and oxygen atoms in total. The van der Waals surface area contributed by atoms with Gasteiger partial charge in [-0.1, -0.05) is 0 Å². The topological polar surface area (TPSA) is 90.8 Å². The van der Waals surface area contributed by atoms with Gasteiger partial charge in [0.15, 0.2) is 6.10 Å². The summed E-state index contributed by atoms with van der Waals surface area (Å²) in [5.74, 6) is 0.334. The van der Waals surface area contributed by atoms with Gasteiger partial charge in [-0.3, -0.25) is 9.89 Å². The smallest absolute Gasteiger partial charge is 0.261 e. The van der Waals surface area contributed by atoms with Gasteiger partial charge in [0.05, 0.1) is 23.9 Å². The Bertz CT molecular complexity index is 629. The van der Waals surface area contributed by atoms with Crippen LogP contribution < -0.4 is 10.1 Å². The van der Waals surface area contributed by atoms with Crippen molar-refractivity contribution in [3.63, 3.8) is 0 Å². The van der Waals surface area contributed by atoms with E-state index in [0.29, 0.717) is 11.3 Å². The first-order valence-electron chi connectivity index (χ1n) is 6.56. The van der Waals surface area contributed by atoms with Crippen LogP contribution in [0.3, 0.4) is 0 Å². The van der Waals surface area contributed by atoms with E-state index < -0.39 is 6.10 Å². The van der Waals surface area contributed by atoms with Gasteiger partial charge >= 0.3 is 0 Å². The summed E-state index contributed by atoms with van der Waals surface area (Å²) in [4.78, 5) is 12.1. The highest BCUT2D eigenvalue weighted by atomic mass is 16.5. The van der Waals surface area contributed by atoms with E-state index in [1.807, 2.05) is 13.0 Å². The van der Waals surface area contributed by atoms with Crippen molar-refractivity contribution in [2.24, 2.45) is 0 Å². The number of hydrogen-bond acceptors (Lipinski definition) is 4. The minimum absolute atomic E-state index is 0.150. The molecule has 0 aliphatic carbocycles. The zero-order valence-electron chi connectivity index (χ0n) is 11.8. The zero-order valence-corrected chi connectivity index (χ0v) is 11.8. The number of nitrogens with zero attached hydrogens (tertiary/aromatic N) is 2. The van der Waals surface area contributed by atoms with Crippen LogP contribution in [0.15, 0.2) is 36.7 Å². The number of nitriles is 1. The van der Waals surface area contributed by atoms with Crippen LogP contribution in [0.25, 0.3) is 0 Å². The van der Waals surface area contributed by atoms with Crippen LogP contribution in [0.1, 0.15) is 31.0 Å². The summed E-state index contributed by atoms with van der Waals surface area (Å²) in [6, 6.07) is 8.51. The van der Waals surface area contributed by atoms with Crippen LogP contribution in [0.5, 0.6) is 5.75 Å². The predicted octanol–water partition coefficient (Wildman–Crippen LogP) is 1.93. The lowest BCUT2D eigenvalue weighted by atomic mass is 10.2. The lowest BCUT2D eigenvalue weighted by Gasteiger charge is -2.18. The number of benzene rings is 1. The van der Waals surface area contributed by atoms with E-state index in [1.54, 1.807) is 43.6 Å². The Kier molecular flexibility index (Phi) is 4.57. The highest BCUT2D eigenvalue weighted by Crippen LogP contribution is 2.14. The van der Waals surface area contributed by atoms with Crippen molar-refractivity contribution in [1.82, 2.24) is 15.5 Å². The zero-order chi connectivity index (χ0) is 15.2. The summed E-state index contributed by atoms with van der Waals surface area (Å²) in [7, 11) is 0. The van der Waals surface area contributed by atoms with E-state index in [-0.39, 0.29) is 11.9 Å². The van der Waals surface area contributed by atoms with Crippen molar-refractivity contribution < 1.29 is 9.53 Å². The molecule has 1 amide bonds. The lowest BCUT2D eigenvalue weighted by molar-refractivity contribution is -0.127. The molecular weight excluding hydrogens is 268 g/mol. The van der Waals surface area contributed by atoms with Gasteiger partial charge in [0.2, 0.25) is 0 Å². The Balaban J connectivity index is 1.91. The van der Waals surface area contributed by atoms with Crippen LogP contribution in [0, 0.1) is 11.3 Å². The molecule has 0 aliphatic rings. The standard InChI is InChI=1S/C15H16N4O2/c1-10(13-8-17-18-9-13)19-15(20)11(2)21-14-5-3-12(7-16)4-6-14/h3-6,8-11H,1-2H3,(H,17,18)(H,19,20). The number of carbonyl (C=O) groups excluding carboxylic acids is 1. The van der Waals surface area contributed by atoms with Gasteiger partial charge in [0, 0.05) is 11.8 Å². The third-order valence-corrected chi connectivity index (χ3v) is 3.04. The summed E-state index contributed by atoms with van der Waals surface area (Å²) in [6.07, 6.45) is 2.76. The highest BCUT2D eigenvalue weighted by molar-refractivity contribution is 5.81. The third-order valence-electron chi connectivity index (χ3n) is 3.04. The molecule has 2 N–H and O–H groups in total. The van der Waals surface area contributed by atoms with Gasteiger partial charge in [-0.15, -0.1) is 0 Å². The average Bonchev–Trinajstić information content (AvgIpc) is 3.02. The maximum atomic E-state index is 12.1. The van der Waals surface area contributed by atoms with E-state index in [2.05, 4.69) is 15.5 Å². The SMILES string of the molecule is CC(Oc1ccc(C#N)cc1)C(=O)NC(C)c1cn[nH]c1. The number of nitrogens with one attached hydrogen (secondary N) is 2. The first-order chi connectivity index (χ1) is 10.1. The highest BCUT2D eigenvalue weighted by Gasteiger charge is 2.18. The Morgan fingerprint density at radius 2 is 2.10 bits per heavy atom. The van der Waals surface area contributed by atoms with Crippen LogP contribution in [-0.2, 0) is 4.79 Å². The maximum Gasteiger partial charge on any atom is 0.261 e. The van der Waals surface area contributed by atoms with Gasteiger partial charge in [-0.2, -0.15) is 10.4 Å². The number of rotatable bonds is 5. The second-order valence-corrected chi connectivity index (χ2v) is 4.66. The quantitative estimate of drug-likeness (QED) is 0.877. The van der Waals surface area contributed by atoms with Gasteiger partial charge in [0.25, 0.3) is 5.91 Å². The van der Waals surface area contributed by atoms with Gasteiger partial charge in [-0.05, 0) is 38.1 Å². The number of amides is 1.